The van der Waals surface area contributed by atoms with E-state index in [0.29, 0.717) is 25.7 Å². The number of carbonyl (C=O) groups is 2. The fourth-order valence-corrected chi connectivity index (χ4v) is 5.27. The molecule has 9 heteroatoms. The van der Waals surface area contributed by atoms with Crippen molar-refractivity contribution in [3.8, 4) is 0 Å². The number of unbranched alkanes of at least 4 members (excludes halogenated alkanes) is 2. The molecule has 0 saturated carbocycles. The molecule has 0 aliphatic carbocycles. The molecule has 0 spiro atoms. The standard InChI is InChI=1S/C20H38O7S.H3N/c1-5-9-11-15(7-3)13-20(19(23)24,14-16(8-4)12-10-6-2)17(18(21)22)28(25,26)27;/h15-17H,5-14H2,1-4H3,(H,21,22)(H,23,24)(H,25,26,27);1H3. The van der Waals surface area contributed by atoms with Crippen molar-refractivity contribution in [2.24, 2.45) is 17.3 Å². The minimum atomic E-state index is -5.10. The van der Waals surface area contributed by atoms with E-state index in [1.807, 2.05) is 27.7 Å². The molecule has 0 aliphatic heterocycles. The normalized spacial score (nSPS) is 16.9. The Morgan fingerprint density at radius 3 is 1.45 bits per heavy atom. The van der Waals surface area contributed by atoms with E-state index in [4.69, 9.17) is 0 Å². The summed E-state index contributed by atoms with van der Waals surface area (Å²) in [5.41, 5.74) is -2.05. The predicted molar refractivity (Wildman–Crippen MR) is 114 cm³/mol. The minimum absolute atomic E-state index is 0. The van der Waals surface area contributed by atoms with E-state index in [1.54, 1.807) is 0 Å². The SMILES string of the molecule is CCCCC(CC)CC(CC(CC)CCCC)(C(=O)O)C(C(=O)O)S(=O)(=O)O.N. The Balaban J connectivity index is 0. The molecule has 0 amide bonds. The van der Waals surface area contributed by atoms with Gasteiger partial charge in [-0.05, 0) is 24.7 Å². The molecule has 3 atom stereocenters. The highest BCUT2D eigenvalue weighted by Gasteiger charge is 2.57. The second-order valence-electron chi connectivity index (χ2n) is 7.94. The van der Waals surface area contributed by atoms with E-state index in [-0.39, 0.29) is 30.8 Å². The quantitative estimate of drug-likeness (QED) is 0.250. The van der Waals surface area contributed by atoms with Crippen molar-refractivity contribution >= 4 is 22.1 Å². The van der Waals surface area contributed by atoms with E-state index >= 15 is 0 Å². The van der Waals surface area contributed by atoms with Crippen LogP contribution in [0.3, 0.4) is 0 Å². The first-order chi connectivity index (χ1) is 13.0. The zero-order chi connectivity index (χ0) is 22.0. The molecule has 0 bridgehead atoms. The van der Waals surface area contributed by atoms with Crippen molar-refractivity contribution < 1.29 is 32.8 Å². The molecule has 0 aromatic rings. The van der Waals surface area contributed by atoms with Gasteiger partial charge in [0, 0.05) is 0 Å². The Hall–Kier alpha value is -1.19. The summed E-state index contributed by atoms with van der Waals surface area (Å²) in [4.78, 5) is 24.3. The monoisotopic (exact) mass is 439 g/mol. The number of hydrogen-bond acceptors (Lipinski definition) is 5. The van der Waals surface area contributed by atoms with Gasteiger partial charge >= 0.3 is 11.9 Å². The first-order valence-electron chi connectivity index (χ1n) is 10.4. The van der Waals surface area contributed by atoms with Crippen LogP contribution in [0.1, 0.15) is 91.9 Å². The first kappa shape index (κ1) is 30.0. The van der Waals surface area contributed by atoms with Gasteiger partial charge in [0.2, 0.25) is 0 Å². The molecule has 8 nitrogen and oxygen atoms in total. The van der Waals surface area contributed by atoms with Crippen LogP contribution < -0.4 is 6.15 Å². The maximum absolute atomic E-state index is 12.4. The fraction of sp³-hybridized carbons (Fsp3) is 0.900. The van der Waals surface area contributed by atoms with Crippen LogP contribution in [0.25, 0.3) is 0 Å². The zero-order valence-corrected chi connectivity index (χ0v) is 19.2. The second-order valence-corrected chi connectivity index (χ2v) is 9.44. The third kappa shape index (κ3) is 9.00. The van der Waals surface area contributed by atoms with Gasteiger partial charge in [-0.25, -0.2) is 0 Å². The number of rotatable bonds is 16. The lowest BCUT2D eigenvalue weighted by Crippen LogP contribution is -2.53. The van der Waals surface area contributed by atoms with Crippen LogP contribution in [-0.4, -0.2) is 40.4 Å². The Morgan fingerprint density at radius 1 is 0.862 bits per heavy atom. The van der Waals surface area contributed by atoms with E-state index in [9.17, 15) is 32.8 Å². The van der Waals surface area contributed by atoms with Crippen LogP contribution in [-0.2, 0) is 19.7 Å². The van der Waals surface area contributed by atoms with Crippen LogP contribution in [0.2, 0.25) is 0 Å². The Kier molecular flexibility index (Phi) is 14.4. The average Bonchev–Trinajstić information content (AvgIpc) is 2.59. The lowest BCUT2D eigenvalue weighted by Gasteiger charge is -2.38. The van der Waals surface area contributed by atoms with Crippen molar-refractivity contribution in [2.45, 2.75) is 97.2 Å². The van der Waals surface area contributed by atoms with E-state index < -0.39 is 32.7 Å². The van der Waals surface area contributed by atoms with Crippen LogP contribution in [0.15, 0.2) is 0 Å². The summed E-state index contributed by atoms with van der Waals surface area (Å²) in [5.74, 6) is -3.50. The van der Waals surface area contributed by atoms with Crippen molar-refractivity contribution in [2.75, 3.05) is 0 Å². The minimum Gasteiger partial charge on any atom is -0.481 e. The van der Waals surface area contributed by atoms with Crippen molar-refractivity contribution in [1.29, 1.82) is 0 Å². The Labute approximate surface area is 175 Å². The smallest absolute Gasteiger partial charge is 0.325 e. The number of aliphatic carboxylic acids is 2. The molecule has 0 aromatic carbocycles. The first-order valence-corrected chi connectivity index (χ1v) is 11.9. The van der Waals surface area contributed by atoms with Crippen LogP contribution in [0, 0.1) is 17.3 Å². The summed E-state index contributed by atoms with van der Waals surface area (Å²) in [6.07, 6.45) is 6.02. The van der Waals surface area contributed by atoms with E-state index in [2.05, 4.69) is 0 Å². The van der Waals surface area contributed by atoms with Crippen molar-refractivity contribution in [1.82, 2.24) is 6.15 Å². The molecule has 29 heavy (non-hydrogen) atoms. The molecular weight excluding hydrogens is 398 g/mol. The molecule has 0 radical (unpaired) electrons. The highest BCUT2D eigenvalue weighted by molar-refractivity contribution is 7.87. The lowest BCUT2D eigenvalue weighted by molar-refractivity contribution is -0.158. The molecule has 0 saturated heterocycles. The summed E-state index contributed by atoms with van der Waals surface area (Å²) in [6, 6.07) is 0. The van der Waals surface area contributed by atoms with Gasteiger partial charge in [0.05, 0.1) is 5.41 Å². The molecule has 0 heterocycles. The predicted octanol–water partition coefficient (Wildman–Crippen LogP) is 4.77. The average molecular weight is 440 g/mol. The summed E-state index contributed by atoms with van der Waals surface area (Å²) in [5, 5.41) is 17.3. The molecule has 0 rings (SSSR count). The van der Waals surface area contributed by atoms with Gasteiger partial charge in [0.25, 0.3) is 10.1 Å². The molecule has 0 aromatic heterocycles. The molecule has 3 unspecified atom stereocenters. The van der Waals surface area contributed by atoms with Gasteiger partial charge in [0.15, 0.2) is 5.25 Å². The second kappa shape index (κ2) is 13.9. The summed E-state index contributed by atoms with van der Waals surface area (Å²) < 4.78 is 33.7. The molecular formula is C20H41NO7S. The summed E-state index contributed by atoms with van der Waals surface area (Å²) >= 11 is 0. The maximum atomic E-state index is 12.4. The van der Waals surface area contributed by atoms with E-state index in [0.717, 1.165) is 25.7 Å². The Bertz CT molecular complexity index is 574. The number of carboxylic acid groups (broad SMARTS) is 2. The zero-order valence-electron chi connectivity index (χ0n) is 18.4. The molecule has 0 aliphatic rings. The van der Waals surface area contributed by atoms with Crippen molar-refractivity contribution in [3.05, 3.63) is 0 Å². The van der Waals surface area contributed by atoms with Crippen LogP contribution in [0.4, 0.5) is 0 Å². The third-order valence-corrected chi connectivity index (χ3v) is 7.09. The number of hydrogen-bond donors (Lipinski definition) is 4. The lowest BCUT2D eigenvalue weighted by atomic mass is 9.68. The van der Waals surface area contributed by atoms with Crippen LogP contribution in [0.5, 0.6) is 0 Å². The van der Waals surface area contributed by atoms with Gasteiger partial charge in [0.1, 0.15) is 0 Å². The van der Waals surface area contributed by atoms with Gasteiger partial charge < -0.3 is 16.4 Å². The topological polar surface area (TPSA) is 164 Å². The van der Waals surface area contributed by atoms with Crippen LogP contribution >= 0.6 is 0 Å². The highest BCUT2D eigenvalue weighted by atomic mass is 32.2. The molecule has 0 fully saturated rings. The third-order valence-electron chi connectivity index (χ3n) is 5.84. The summed E-state index contributed by atoms with van der Waals surface area (Å²) in [7, 11) is -5.10. The van der Waals surface area contributed by atoms with Gasteiger partial charge in [-0.15, -0.1) is 0 Å². The number of carboxylic acids is 2. The van der Waals surface area contributed by atoms with Crippen molar-refractivity contribution in [3.63, 3.8) is 0 Å². The largest absolute Gasteiger partial charge is 0.481 e. The van der Waals surface area contributed by atoms with Gasteiger partial charge in [-0.3, -0.25) is 14.1 Å². The summed E-state index contributed by atoms with van der Waals surface area (Å²) in [6.45, 7) is 7.80. The van der Waals surface area contributed by atoms with Gasteiger partial charge in [-0.2, -0.15) is 8.42 Å². The van der Waals surface area contributed by atoms with E-state index in [1.165, 1.54) is 0 Å². The fourth-order valence-electron chi connectivity index (χ4n) is 4.15. The molecule has 6 N–H and O–H groups in total. The molecule has 174 valence electrons. The maximum Gasteiger partial charge on any atom is 0.325 e. The highest BCUT2D eigenvalue weighted by Crippen LogP contribution is 2.44. The Morgan fingerprint density at radius 2 is 1.24 bits per heavy atom. The van der Waals surface area contributed by atoms with Gasteiger partial charge in [-0.1, -0.05) is 79.1 Å².